The highest BCUT2D eigenvalue weighted by Crippen LogP contribution is 2.12. The van der Waals surface area contributed by atoms with Crippen molar-refractivity contribution < 1.29 is 9.53 Å². The van der Waals surface area contributed by atoms with Crippen LogP contribution in [0.2, 0.25) is 25.7 Å². The van der Waals surface area contributed by atoms with Gasteiger partial charge in [0.1, 0.15) is 6.73 Å². The predicted molar refractivity (Wildman–Crippen MR) is 70.8 cm³/mol. The van der Waals surface area contributed by atoms with E-state index in [-0.39, 0.29) is 0 Å². The van der Waals surface area contributed by atoms with Crippen LogP contribution in [-0.4, -0.2) is 30.9 Å². The predicted octanol–water partition coefficient (Wildman–Crippen LogP) is 2.07. The van der Waals surface area contributed by atoms with Crippen LogP contribution in [0.25, 0.3) is 0 Å². The number of rotatable bonds is 7. The topological polar surface area (TPSA) is 56.1 Å². The molecular weight excluding hydrogens is 234 g/mol. The molecule has 0 bridgehead atoms. The number of hydrogen-bond donors (Lipinski definition) is 1. The van der Waals surface area contributed by atoms with E-state index in [0.29, 0.717) is 13.1 Å². The molecule has 0 fully saturated rings. The zero-order valence-corrected chi connectivity index (χ0v) is 12.0. The molecule has 6 heteroatoms. The minimum absolute atomic E-state index is 0.436. The van der Waals surface area contributed by atoms with Crippen LogP contribution in [0.15, 0.2) is 6.20 Å². The van der Waals surface area contributed by atoms with Gasteiger partial charge >= 0.3 is 0 Å². The summed E-state index contributed by atoms with van der Waals surface area (Å²) in [6, 6.07) is 1.15. The molecule has 0 aliphatic heterocycles. The zero-order chi connectivity index (χ0) is 12.9. The molecule has 0 spiro atoms. The van der Waals surface area contributed by atoms with Crippen LogP contribution in [0.1, 0.15) is 5.69 Å². The normalized spacial score (nSPS) is 11.5. The van der Waals surface area contributed by atoms with Gasteiger partial charge in [0.25, 0.3) is 0 Å². The lowest BCUT2D eigenvalue weighted by molar-refractivity contribution is -0.105. The van der Waals surface area contributed by atoms with Gasteiger partial charge in [-0.25, -0.2) is 4.68 Å². The summed E-state index contributed by atoms with van der Waals surface area (Å²) in [5, 5.41) is 6.84. The van der Waals surface area contributed by atoms with Crippen molar-refractivity contribution in [2.75, 3.05) is 11.9 Å². The Morgan fingerprint density at radius 2 is 2.24 bits per heavy atom. The molecule has 1 N–H and O–H groups in total. The first-order valence-electron chi connectivity index (χ1n) is 5.74. The largest absolute Gasteiger partial charge is 0.360 e. The summed E-state index contributed by atoms with van der Waals surface area (Å²) in [6.45, 7) is 10.0. The van der Waals surface area contributed by atoms with E-state index in [1.807, 2.05) is 6.92 Å². The third-order valence-electron chi connectivity index (χ3n) is 2.38. The zero-order valence-electron chi connectivity index (χ0n) is 11.0. The van der Waals surface area contributed by atoms with Crippen LogP contribution in [0.5, 0.6) is 0 Å². The summed E-state index contributed by atoms with van der Waals surface area (Å²) in [6.07, 6.45) is 2.43. The number of ether oxygens (including phenoxy) is 1. The van der Waals surface area contributed by atoms with E-state index in [4.69, 9.17) is 4.74 Å². The van der Waals surface area contributed by atoms with Gasteiger partial charge in [-0.1, -0.05) is 19.6 Å². The Hall–Kier alpha value is -1.14. The molecule has 1 heterocycles. The number of nitrogens with one attached hydrogen (secondary N) is 1. The Labute approximate surface area is 103 Å². The lowest BCUT2D eigenvalue weighted by Crippen LogP contribution is -2.22. The second-order valence-corrected chi connectivity index (χ2v) is 10.9. The van der Waals surface area contributed by atoms with E-state index >= 15 is 0 Å². The van der Waals surface area contributed by atoms with Gasteiger partial charge in [0.05, 0.1) is 17.6 Å². The van der Waals surface area contributed by atoms with Crippen molar-refractivity contribution in [3.63, 3.8) is 0 Å². The molecule has 1 aromatic rings. The van der Waals surface area contributed by atoms with Gasteiger partial charge in [-0.3, -0.25) is 4.79 Å². The lowest BCUT2D eigenvalue weighted by atomic mass is 10.4. The highest BCUT2D eigenvalue weighted by molar-refractivity contribution is 6.76. The van der Waals surface area contributed by atoms with E-state index in [1.165, 1.54) is 0 Å². The van der Waals surface area contributed by atoms with Crippen molar-refractivity contribution in [2.45, 2.75) is 39.3 Å². The molecule has 0 aromatic carbocycles. The first-order chi connectivity index (χ1) is 7.92. The average Bonchev–Trinajstić information content (AvgIpc) is 2.54. The summed E-state index contributed by atoms with van der Waals surface area (Å²) < 4.78 is 7.26. The second-order valence-electron chi connectivity index (χ2n) is 5.28. The Bertz CT molecular complexity index is 371. The number of carbonyl (C=O) groups is 1. The molecule has 0 aliphatic rings. The van der Waals surface area contributed by atoms with Gasteiger partial charge < -0.3 is 10.1 Å². The summed E-state index contributed by atoms with van der Waals surface area (Å²) in [4.78, 5) is 10.3. The van der Waals surface area contributed by atoms with Crippen molar-refractivity contribution in [1.29, 1.82) is 0 Å². The number of anilines is 1. The fourth-order valence-electron chi connectivity index (χ4n) is 1.33. The molecular formula is C11H21N3O2Si. The maximum Gasteiger partial charge on any atom is 0.211 e. The molecule has 0 atom stereocenters. The summed E-state index contributed by atoms with van der Waals surface area (Å²) >= 11 is 0. The quantitative estimate of drug-likeness (QED) is 0.461. The SMILES string of the molecule is Cc1nn(COCC[Si](C)(C)C)cc1NC=O. The Balaban J connectivity index is 2.37. The number of hydrogen-bond acceptors (Lipinski definition) is 3. The molecule has 0 saturated carbocycles. The third kappa shape index (κ3) is 5.14. The van der Waals surface area contributed by atoms with Crippen molar-refractivity contribution in [2.24, 2.45) is 0 Å². The van der Waals surface area contributed by atoms with E-state index in [2.05, 4.69) is 30.1 Å². The van der Waals surface area contributed by atoms with Crippen molar-refractivity contribution >= 4 is 20.2 Å². The van der Waals surface area contributed by atoms with Crippen molar-refractivity contribution in [3.05, 3.63) is 11.9 Å². The third-order valence-corrected chi connectivity index (χ3v) is 4.08. The van der Waals surface area contributed by atoms with Crippen LogP contribution < -0.4 is 5.32 Å². The van der Waals surface area contributed by atoms with Crippen LogP contribution in [0.4, 0.5) is 5.69 Å². The minimum Gasteiger partial charge on any atom is -0.360 e. The highest BCUT2D eigenvalue weighted by Gasteiger charge is 2.12. The van der Waals surface area contributed by atoms with Gasteiger partial charge in [0.15, 0.2) is 0 Å². The molecule has 0 saturated heterocycles. The van der Waals surface area contributed by atoms with Crippen LogP contribution in [0, 0.1) is 6.92 Å². The maximum absolute atomic E-state index is 10.3. The molecule has 1 rings (SSSR count). The van der Waals surface area contributed by atoms with Gasteiger partial charge in [0.2, 0.25) is 6.41 Å². The summed E-state index contributed by atoms with van der Waals surface area (Å²) in [7, 11) is -1.03. The molecule has 96 valence electrons. The number of aromatic nitrogens is 2. The van der Waals surface area contributed by atoms with E-state index in [9.17, 15) is 4.79 Å². The van der Waals surface area contributed by atoms with Crippen LogP contribution in [0.3, 0.4) is 0 Å². The molecule has 0 unspecified atom stereocenters. The standard InChI is InChI=1S/C11H21N3O2Si/c1-10-11(12-8-15)7-14(13-10)9-16-5-6-17(2,3)4/h7-8H,5-6,9H2,1-4H3,(H,12,15). The number of nitrogens with zero attached hydrogens (tertiary/aromatic N) is 2. The van der Waals surface area contributed by atoms with E-state index in [0.717, 1.165) is 24.0 Å². The van der Waals surface area contributed by atoms with Gasteiger partial charge in [-0.2, -0.15) is 5.10 Å². The number of amides is 1. The second kappa shape index (κ2) is 5.97. The highest BCUT2D eigenvalue weighted by atomic mass is 28.3. The van der Waals surface area contributed by atoms with E-state index in [1.54, 1.807) is 10.9 Å². The monoisotopic (exact) mass is 255 g/mol. The fraction of sp³-hybridized carbons (Fsp3) is 0.636. The van der Waals surface area contributed by atoms with Crippen LogP contribution >= 0.6 is 0 Å². The first kappa shape index (κ1) is 13.9. The molecule has 5 nitrogen and oxygen atoms in total. The summed E-state index contributed by atoms with van der Waals surface area (Å²) in [5.41, 5.74) is 1.53. The van der Waals surface area contributed by atoms with Crippen LogP contribution in [-0.2, 0) is 16.3 Å². The molecule has 17 heavy (non-hydrogen) atoms. The summed E-state index contributed by atoms with van der Waals surface area (Å²) in [5.74, 6) is 0. The Morgan fingerprint density at radius 1 is 1.53 bits per heavy atom. The molecule has 0 radical (unpaired) electrons. The Kier molecular flexibility index (Phi) is 4.89. The molecule has 1 aromatic heterocycles. The lowest BCUT2D eigenvalue weighted by Gasteiger charge is -2.15. The van der Waals surface area contributed by atoms with Crippen molar-refractivity contribution in [3.8, 4) is 0 Å². The molecule has 1 amide bonds. The maximum atomic E-state index is 10.3. The average molecular weight is 255 g/mol. The van der Waals surface area contributed by atoms with Gasteiger partial charge in [-0.15, -0.1) is 0 Å². The Morgan fingerprint density at radius 3 is 2.82 bits per heavy atom. The first-order valence-corrected chi connectivity index (χ1v) is 9.45. The molecule has 0 aliphatic carbocycles. The van der Waals surface area contributed by atoms with Crippen molar-refractivity contribution in [1.82, 2.24) is 9.78 Å². The number of aryl methyl sites for hydroxylation is 1. The van der Waals surface area contributed by atoms with Gasteiger partial charge in [-0.05, 0) is 13.0 Å². The number of carbonyl (C=O) groups excluding carboxylic acids is 1. The fourth-order valence-corrected chi connectivity index (χ4v) is 2.08. The smallest absolute Gasteiger partial charge is 0.211 e. The van der Waals surface area contributed by atoms with Gasteiger partial charge in [0, 0.05) is 14.7 Å². The minimum atomic E-state index is -1.03. The van der Waals surface area contributed by atoms with E-state index < -0.39 is 8.07 Å².